The Hall–Kier alpha value is -2.80. The number of H-pyrrole nitrogens is 1. The molecule has 0 spiro atoms. The zero-order valence-electron chi connectivity index (χ0n) is 16.6. The van der Waals surface area contributed by atoms with Gasteiger partial charge in [-0.25, -0.2) is 0 Å². The topological polar surface area (TPSA) is 94.6 Å². The van der Waals surface area contributed by atoms with Crippen LogP contribution in [0.1, 0.15) is 29.8 Å². The number of hydrogen-bond donors (Lipinski definition) is 4. The number of pyridine rings is 1. The first-order chi connectivity index (χ1) is 14.4. The quantitative estimate of drug-likeness (QED) is 0.418. The number of nitrogens with one attached hydrogen (secondary N) is 2. The Bertz CT molecular complexity index is 1020. The van der Waals surface area contributed by atoms with E-state index in [1.807, 2.05) is 36.4 Å². The highest BCUT2D eigenvalue weighted by Gasteiger charge is 2.10. The number of aromatic hydroxyl groups is 1. The van der Waals surface area contributed by atoms with E-state index in [1.165, 1.54) is 12.3 Å². The fraction of sp³-hybridized carbons (Fsp3) is 0.261. The maximum Gasteiger partial charge on any atom is 0.223 e. The summed E-state index contributed by atoms with van der Waals surface area (Å²) in [5.74, 6) is 0.371. The molecule has 4 N–H and O–H groups in total. The summed E-state index contributed by atoms with van der Waals surface area (Å²) in [6, 6.07) is 16.4. The second-order valence-corrected chi connectivity index (χ2v) is 7.66. The van der Waals surface area contributed by atoms with Gasteiger partial charge in [0.15, 0.2) is 5.75 Å². The van der Waals surface area contributed by atoms with Gasteiger partial charge in [-0.1, -0.05) is 35.9 Å². The smallest absolute Gasteiger partial charge is 0.223 e. The Morgan fingerprint density at radius 2 is 1.93 bits per heavy atom. The zero-order valence-corrected chi connectivity index (χ0v) is 17.4. The molecule has 0 fully saturated rings. The van der Waals surface area contributed by atoms with Gasteiger partial charge in [0, 0.05) is 29.9 Å². The second-order valence-electron chi connectivity index (χ2n) is 7.22. The number of rotatable bonds is 9. The Kier molecular flexibility index (Phi) is 7.52. The van der Waals surface area contributed by atoms with Crippen molar-refractivity contribution in [1.82, 2.24) is 10.3 Å². The fourth-order valence-electron chi connectivity index (χ4n) is 3.04. The van der Waals surface area contributed by atoms with E-state index < -0.39 is 11.5 Å². The lowest BCUT2D eigenvalue weighted by Crippen LogP contribution is -2.32. The van der Waals surface area contributed by atoms with Crippen LogP contribution in [0.25, 0.3) is 0 Å². The van der Waals surface area contributed by atoms with Crippen LogP contribution in [0.3, 0.4) is 0 Å². The molecule has 3 aromatic rings. The Balaban J connectivity index is 1.46. The van der Waals surface area contributed by atoms with Crippen molar-refractivity contribution < 1.29 is 14.9 Å². The zero-order chi connectivity index (χ0) is 21.5. The molecule has 0 radical (unpaired) electrons. The predicted molar refractivity (Wildman–Crippen MR) is 117 cm³/mol. The summed E-state index contributed by atoms with van der Waals surface area (Å²) in [6.45, 7) is 2.71. The van der Waals surface area contributed by atoms with Gasteiger partial charge < -0.3 is 25.3 Å². The van der Waals surface area contributed by atoms with E-state index in [2.05, 4.69) is 17.2 Å². The minimum Gasteiger partial charge on any atom is -0.503 e. The molecule has 1 aromatic heterocycles. The van der Waals surface area contributed by atoms with E-state index in [0.29, 0.717) is 23.0 Å². The molecular formula is C23H25ClN2O4. The summed E-state index contributed by atoms with van der Waals surface area (Å²) < 4.78 is 5.67. The molecule has 2 atom stereocenters. The van der Waals surface area contributed by atoms with Gasteiger partial charge in [-0.2, -0.15) is 0 Å². The lowest BCUT2D eigenvalue weighted by molar-refractivity contribution is 0.170. The van der Waals surface area contributed by atoms with Crippen molar-refractivity contribution in [2.24, 2.45) is 0 Å². The number of aromatic nitrogens is 1. The second kappa shape index (κ2) is 10.3. The van der Waals surface area contributed by atoms with E-state index in [1.54, 1.807) is 12.1 Å². The summed E-state index contributed by atoms with van der Waals surface area (Å²) in [7, 11) is 0. The van der Waals surface area contributed by atoms with E-state index in [0.717, 1.165) is 17.5 Å². The summed E-state index contributed by atoms with van der Waals surface area (Å²) >= 11 is 5.97. The van der Waals surface area contributed by atoms with Crippen molar-refractivity contribution in [1.29, 1.82) is 0 Å². The first-order valence-corrected chi connectivity index (χ1v) is 10.1. The number of benzene rings is 2. The van der Waals surface area contributed by atoms with E-state index in [9.17, 15) is 15.0 Å². The van der Waals surface area contributed by atoms with Crippen LogP contribution in [0.4, 0.5) is 0 Å². The molecule has 0 aliphatic carbocycles. The monoisotopic (exact) mass is 428 g/mol. The van der Waals surface area contributed by atoms with Crippen molar-refractivity contribution in [2.75, 3.05) is 6.54 Å². The van der Waals surface area contributed by atoms with Gasteiger partial charge in [-0.05, 0) is 48.7 Å². The predicted octanol–water partition coefficient (Wildman–Crippen LogP) is 3.57. The standard InChI is InChI=1S/C23H25ClN2O4/c1-15(25-12-22(28)17-3-2-4-18(24)10-17)9-16-5-7-20(8-6-16)30-14-19-11-21(27)23(29)13-26-19/h2-8,10-11,13,15,22,25,28-29H,9,12,14H2,1H3,(H,26,27). The molecule has 0 aliphatic rings. The molecule has 2 aromatic carbocycles. The maximum atomic E-state index is 11.4. The maximum absolute atomic E-state index is 11.4. The lowest BCUT2D eigenvalue weighted by Gasteiger charge is -2.18. The van der Waals surface area contributed by atoms with Crippen LogP contribution in [0, 0.1) is 0 Å². The molecule has 30 heavy (non-hydrogen) atoms. The number of halogens is 1. The third kappa shape index (κ3) is 6.35. The van der Waals surface area contributed by atoms with Gasteiger partial charge in [0.25, 0.3) is 0 Å². The highest BCUT2D eigenvalue weighted by molar-refractivity contribution is 6.30. The number of hydrogen-bond acceptors (Lipinski definition) is 5. The minimum atomic E-state index is -0.617. The highest BCUT2D eigenvalue weighted by atomic mass is 35.5. The van der Waals surface area contributed by atoms with E-state index in [-0.39, 0.29) is 18.4 Å². The summed E-state index contributed by atoms with van der Waals surface area (Å²) in [4.78, 5) is 14.2. The van der Waals surface area contributed by atoms with Crippen molar-refractivity contribution in [3.05, 3.63) is 92.9 Å². The van der Waals surface area contributed by atoms with Crippen molar-refractivity contribution in [3.8, 4) is 11.5 Å². The molecule has 0 aliphatic heterocycles. The molecule has 0 saturated heterocycles. The molecule has 2 unspecified atom stereocenters. The van der Waals surface area contributed by atoms with Crippen LogP contribution >= 0.6 is 11.6 Å². The number of aliphatic hydroxyl groups is 1. The molecule has 0 saturated carbocycles. The summed E-state index contributed by atoms with van der Waals surface area (Å²) in [5.41, 5.74) is 2.07. The van der Waals surface area contributed by atoms with Gasteiger partial charge in [-0.3, -0.25) is 4.79 Å². The Labute approximate surface area is 180 Å². The van der Waals surface area contributed by atoms with Crippen LogP contribution in [-0.2, 0) is 13.0 Å². The number of ether oxygens (including phenoxy) is 1. The molecule has 6 nitrogen and oxygen atoms in total. The summed E-state index contributed by atoms with van der Waals surface area (Å²) in [6.07, 6.45) is 1.43. The molecule has 7 heteroatoms. The van der Waals surface area contributed by atoms with Crippen LogP contribution < -0.4 is 15.5 Å². The van der Waals surface area contributed by atoms with Gasteiger partial charge in [0.05, 0.1) is 11.8 Å². The molecule has 3 rings (SSSR count). The SMILES string of the molecule is CC(Cc1ccc(OCc2cc(=O)c(O)c[nH]2)cc1)NCC(O)c1cccc(Cl)c1. The van der Waals surface area contributed by atoms with Crippen molar-refractivity contribution in [3.63, 3.8) is 0 Å². The van der Waals surface area contributed by atoms with Gasteiger partial charge >= 0.3 is 0 Å². The normalized spacial score (nSPS) is 13.0. The largest absolute Gasteiger partial charge is 0.503 e. The summed E-state index contributed by atoms with van der Waals surface area (Å²) in [5, 5.41) is 23.5. The van der Waals surface area contributed by atoms with Gasteiger partial charge in [0.2, 0.25) is 5.43 Å². The molecule has 158 valence electrons. The van der Waals surface area contributed by atoms with Crippen molar-refractivity contribution in [2.45, 2.75) is 32.1 Å². The third-order valence-corrected chi connectivity index (χ3v) is 4.94. The molecule has 1 heterocycles. The van der Waals surface area contributed by atoms with Crippen LogP contribution in [-0.4, -0.2) is 27.8 Å². The fourth-order valence-corrected chi connectivity index (χ4v) is 3.24. The number of aromatic amines is 1. The first kappa shape index (κ1) is 21.9. The van der Waals surface area contributed by atoms with Crippen LogP contribution in [0.2, 0.25) is 5.02 Å². The molecule has 0 bridgehead atoms. The van der Waals surface area contributed by atoms with Crippen LogP contribution in [0.15, 0.2) is 65.6 Å². The number of aliphatic hydroxyl groups excluding tert-OH is 1. The first-order valence-electron chi connectivity index (χ1n) is 9.70. The van der Waals surface area contributed by atoms with E-state index in [4.69, 9.17) is 16.3 Å². The lowest BCUT2D eigenvalue weighted by atomic mass is 10.1. The minimum absolute atomic E-state index is 0.174. The highest BCUT2D eigenvalue weighted by Crippen LogP contribution is 2.18. The molecular weight excluding hydrogens is 404 g/mol. The van der Waals surface area contributed by atoms with Crippen molar-refractivity contribution >= 4 is 11.6 Å². The van der Waals surface area contributed by atoms with Gasteiger partial charge in [-0.15, -0.1) is 0 Å². The average molecular weight is 429 g/mol. The van der Waals surface area contributed by atoms with Crippen LogP contribution in [0.5, 0.6) is 11.5 Å². The Morgan fingerprint density at radius 3 is 2.63 bits per heavy atom. The average Bonchev–Trinajstić information content (AvgIpc) is 2.74. The third-order valence-electron chi connectivity index (χ3n) is 4.70. The molecule has 0 amide bonds. The van der Waals surface area contributed by atoms with E-state index >= 15 is 0 Å². The Morgan fingerprint density at radius 1 is 1.17 bits per heavy atom. The van der Waals surface area contributed by atoms with Gasteiger partial charge in [0.1, 0.15) is 12.4 Å².